The SMILES string of the molecule is CC(C)(C)OC(=O)N1CCS(=O)(=NC#N)c2ccccc2C1. The first-order chi connectivity index (χ1) is 10.2. The molecule has 0 fully saturated rings. The number of hydrogen-bond donors (Lipinski definition) is 0. The molecule has 0 aromatic heterocycles. The highest BCUT2D eigenvalue weighted by Gasteiger charge is 2.29. The van der Waals surface area contributed by atoms with Gasteiger partial charge in [0.25, 0.3) is 0 Å². The van der Waals surface area contributed by atoms with Gasteiger partial charge in [-0.05, 0) is 32.4 Å². The molecule has 1 atom stereocenters. The third-order valence-corrected chi connectivity index (χ3v) is 5.35. The third-order valence-electron chi connectivity index (χ3n) is 3.16. The smallest absolute Gasteiger partial charge is 0.410 e. The molecule has 1 aliphatic rings. The molecule has 118 valence electrons. The molecule has 7 heteroatoms. The highest BCUT2D eigenvalue weighted by Crippen LogP contribution is 2.25. The molecule has 2 rings (SSSR count). The molecule has 0 saturated carbocycles. The molecule has 1 amide bonds. The van der Waals surface area contributed by atoms with Crippen LogP contribution in [0.3, 0.4) is 0 Å². The molecule has 0 N–H and O–H groups in total. The maximum atomic E-state index is 12.9. The summed E-state index contributed by atoms with van der Waals surface area (Å²) in [6.07, 6.45) is 1.19. The molecular formula is C15H19N3O3S. The number of nitrogens with zero attached hydrogens (tertiary/aromatic N) is 3. The molecule has 0 radical (unpaired) electrons. The van der Waals surface area contributed by atoms with Crippen molar-refractivity contribution in [2.45, 2.75) is 37.8 Å². The van der Waals surface area contributed by atoms with Gasteiger partial charge >= 0.3 is 6.09 Å². The van der Waals surface area contributed by atoms with E-state index >= 15 is 0 Å². The number of hydrogen-bond acceptors (Lipinski definition) is 5. The minimum Gasteiger partial charge on any atom is -0.444 e. The van der Waals surface area contributed by atoms with Gasteiger partial charge in [0.1, 0.15) is 5.60 Å². The number of ether oxygens (including phenoxy) is 1. The Morgan fingerprint density at radius 1 is 1.41 bits per heavy atom. The highest BCUT2D eigenvalue weighted by atomic mass is 32.2. The Labute approximate surface area is 130 Å². The minimum atomic E-state index is -2.83. The molecular weight excluding hydrogens is 302 g/mol. The molecule has 0 aliphatic carbocycles. The number of nitriles is 1. The van der Waals surface area contributed by atoms with Crippen molar-refractivity contribution in [2.24, 2.45) is 4.36 Å². The summed E-state index contributed by atoms with van der Waals surface area (Å²) in [6, 6.07) is 7.07. The Kier molecular flexibility index (Phi) is 4.42. The van der Waals surface area contributed by atoms with E-state index in [1.54, 1.807) is 45.2 Å². The van der Waals surface area contributed by atoms with E-state index in [1.807, 2.05) is 6.07 Å². The average Bonchev–Trinajstić information content (AvgIpc) is 2.55. The Balaban J connectivity index is 2.39. The van der Waals surface area contributed by atoms with Crippen LogP contribution in [0.25, 0.3) is 0 Å². The van der Waals surface area contributed by atoms with Gasteiger partial charge in [-0.25, -0.2) is 9.00 Å². The topological polar surface area (TPSA) is 82.8 Å². The summed E-state index contributed by atoms with van der Waals surface area (Å²) in [5.41, 5.74) is 0.135. The number of carbonyl (C=O) groups excluding carboxylic acids is 1. The van der Waals surface area contributed by atoms with E-state index in [4.69, 9.17) is 10.00 Å². The van der Waals surface area contributed by atoms with Crippen LogP contribution in [0.2, 0.25) is 0 Å². The van der Waals surface area contributed by atoms with E-state index in [2.05, 4.69) is 4.36 Å². The number of amides is 1. The monoisotopic (exact) mass is 321 g/mol. The van der Waals surface area contributed by atoms with E-state index in [-0.39, 0.29) is 12.3 Å². The quantitative estimate of drug-likeness (QED) is 0.688. The van der Waals surface area contributed by atoms with Gasteiger partial charge < -0.3 is 9.64 Å². The standard InChI is InChI=1S/C15H19N3O3S/c1-15(2,3)21-14(19)18-8-9-22(20,17-11-16)13-7-5-4-6-12(13)10-18/h4-7H,8-10H2,1-3H3. The Bertz CT molecular complexity index is 737. The van der Waals surface area contributed by atoms with Gasteiger partial charge in [0.2, 0.25) is 6.19 Å². The van der Waals surface area contributed by atoms with Crippen molar-refractivity contribution < 1.29 is 13.7 Å². The number of rotatable bonds is 0. The van der Waals surface area contributed by atoms with Gasteiger partial charge in [-0.2, -0.15) is 5.26 Å². The number of benzene rings is 1. The lowest BCUT2D eigenvalue weighted by atomic mass is 10.2. The van der Waals surface area contributed by atoms with Gasteiger partial charge in [0.15, 0.2) is 0 Å². The summed E-state index contributed by atoms with van der Waals surface area (Å²) < 4.78 is 21.9. The highest BCUT2D eigenvalue weighted by molar-refractivity contribution is 7.93. The Morgan fingerprint density at radius 3 is 2.73 bits per heavy atom. The summed E-state index contributed by atoms with van der Waals surface area (Å²) >= 11 is 0. The maximum absolute atomic E-state index is 12.9. The summed E-state index contributed by atoms with van der Waals surface area (Å²) in [5, 5.41) is 8.83. The van der Waals surface area contributed by atoms with Crippen LogP contribution in [0.5, 0.6) is 0 Å². The third kappa shape index (κ3) is 3.57. The van der Waals surface area contributed by atoms with Gasteiger partial charge in [-0.3, -0.25) is 0 Å². The van der Waals surface area contributed by atoms with E-state index in [9.17, 15) is 9.00 Å². The van der Waals surface area contributed by atoms with Gasteiger partial charge in [-0.1, -0.05) is 18.2 Å². The number of fused-ring (bicyclic) bond motifs is 1. The van der Waals surface area contributed by atoms with Crippen molar-refractivity contribution in [2.75, 3.05) is 12.3 Å². The minimum absolute atomic E-state index is 0.122. The van der Waals surface area contributed by atoms with Crippen LogP contribution in [-0.4, -0.2) is 33.1 Å². The van der Waals surface area contributed by atoms with Crippen LogP contribution in [0.4, 0.5) is 4.79 Å². The predicted molar refractivity (Wildman–Crippen MR) is 82.4 cm³/mol. The molecule has 22 heavy (non-hydrogen) atoms. The molecule has 6 nitrogen and oxygen atoms in total. The van der Waals surface area contributed by atoms with Crippen molar-refractivity contribution >= 4 is 15.8 Å². The largest absolute Gasteiger partial charge is 0.444 e. The maximum Gasteiger partial charge on any atom is 0.410 e. The molecule has 0 saturated heterocycles. The first-order valence-electron chi connectivity index (χ1n) is 6.94. The van der Waals surface area contributed by atoms with E-state index in [0.29, 0.717) is 11.4 Å². The fourth-order valence-corrected chi connectivity index (χ4v) is 4.06. The van der Waals surface area contributed by atoms with Crippen molar-refractivity contribution in [3.63, 3.8) is 0 Å². The van der Waals surface area contributed by atoms with Gasteiger partial charge in [-0.15, -0.1) is 4.36 Å². The summed E-state index contributed by atoms with van der Waals surface area (Å²) in [6.45, 7) is 5.91. The fraction of sp³-hybridized carbons (Fsp3) is 0.467. The molecule has 1 heterocycles. The zero-order valence-corrected chi connectivity index (χ0v) is 13.7. The lowest BCUT2D eigenvalue weighted by Gasteiger charge is -2.26. The Morgan fingerprint density at radius 2 is 2.09 bits per heavy atom. The fourth-order valence-electron chi connectivity index (χ4n) is 2.22. The van der Waals surface area contributed by atoms with E-state index in [1.165, 1.54) is 4.90 Å². The van der Waals surface area contributed by atoms with Crippen molar-refractivity contribution in [1.82, 2.24) is 4.90 Å². The molecule has 1 aromatic rings. The second-order valence-electron chi connectivity index (χ2n) is 6.05. The van der Waals surface area contributed by atoms with Gasteiger partial charge in [0, 0.05) is 6.54 Å². The van der Waals surface area contributed by atoms with Gasteiger partial charge in [0.05, 0.1) is 26.9 Å². The van der Waals surface area contributed by atoms with E-state index < -0.39 is 21.4 Å². The second-order valence-corrected chi connectivity index (χ2v) is 8.36. The lowest BCUT2D eigenvalue weighted by molar-refractivity contribution is 0.0247. The lowest BCUT2D eigenvalue weighted by Crippen LogP contribution is -2.37. The van der Waals surface area contributed by atoms with Crippen molar-refractivity contribution in [3.8, 4) is 6.19 Å². The molecule has 0 bridgehead atoms. The van der Waals surface area contributed by atoms with E-state index in [0.717, 1.165) is 5.56 Å². The normalized spacial score (nSPS) is 21.3. The molecule has 1 aromatic carbocycles. The van der Waals surface area contributed by atoms with Crippen LogP contribution in [-0.2, 0) is 21.0 Å². The van der Waals surface area contributed by atoms with Crippen LogP contribution in [0, 0.1) is 11.5 Å². The van der Waals surface area contributed by atoms with Crippen LogP contribution < -0.4 is 0 Å². The predicted octanol–water partition coefficient (Wildman–Crippen LogP) is 2.75. The molecule has 0 spiro atoms. The molecule has 1 unspecified atom stereocenters. The summed E-state index contributed by atoms with van der Waals surface area (Å²) in [7, 11) is -2.83. The Hall–Kier alpha value is -2.07. The average molecular weight is 321 g/mol. The zero-order chi connectivity index (χ0) is 16.4. The van der Waals surface area contributed by atoms with Crippen molar-refractivity contribution in [3.05, 3.63) is 29.8 Å². The number of carbonyl (C=O) groups is 1. The van der Waals surface area contributed by atoms with Crippen LogP contribution >= 0.6 is 0 Å². The van der Waals surface area contributed by atoms with Crippen LogP contribution in [0.15, 0.2) is 33.5 Å². The first kappa shape index (κ1) is 16.3. The van der Waals surface area contributed by atoms with Crippen LogP contribution in [0.1, 0.15) is 26.3 Å². The zero-order valence-electron chi connectivity index (χ0n) is 12.9. The summed E-state index contributed by atoms with van der Waals surface area (Å²) in [5.74, 6) is 0.122. The second kappa shape index (κ2) is 5.97. The first-order valence-corrected chi connectivity index (χ1v) is 8.62. The summed E-state index contributed by atoms with van der Waals surface area (Å²) in [4.78, 5) is 14.3. The molecule has 1 aliphatic heterocycles. The van der Waals surface area contributed by atoms with Crippen molar-refractivity contribution in [1.29, 1.82) is 5.26 Å².